The van der Waals surface area contributed by atoms with Gasteiger partial charge in [0.1, 0.15) is 5.82 Å². The van der Waals surface area contributed by atoms with E-state index in [9.17, 15) is 14.0 Å². The maximum atomic E-state index is 12.8. The molecule has 0 radical (unpaired) electrons. The number of carbonyl (C=O) groups is 2. The topological polar surface area (TPSA) is 58.2 Å². The number of nitrogens with one attached hydrogen (secondary N) is 2. The lowest BCUT2D eigenvalue weighted by atomic mass is 10.1. The van der Waals surface area contributed by atoms with E-state index in [-0.39, 0.29) is 29.5 Å². The lowest BCUT2D eigenvalue weighted by Crippen LogP contribution is -2.28. The van der Waals surface area contributed by atoms with Crippen LogP contribution >= 0.6 is 0 Å². The highest BCUT2D eigenvalue weighted by molar-refractivity contribution is 5.99. The fourth-order valence-corrected chi connectivity index (χ4v) is 2.16. The van der Waals surface area contributed by atoms with Crippen molar-refractivity contribution in [3.05, 3.63) is 30.1 Å². The first kappa shape index (κ1) is 15.5. The Bertz CT molecular complexity index is 514. The minimum atomic E-state index is -0.346. The van der Waals surface area contributed by atoms with Gasteiger partial charge < -0.3 is 10.6 Å². The van der Waals surface area contributed by atoms with Gasteiger partial charge in [0.05, 0.1) is 11.8 Å². The standard InChI is InChI=1S/C16H21FN2O2/c1-10(2)7-8-18-15(20)13-9-14(13)16(21)19-12-5-3-11(17)4-6-12/h3-6,10,13-14H,7-9H2,1-2H3,(H,18,20)(H,19,21). The van der Waals surface area contributed by atoms with Crippen molar-refractivity contribution in [2.45, 2.75) is 26.7 Å². The molecule has 2 amide bonds. The van der Waals surface area contributed by atoms with Crippen molar-refractivity contribution in [1.82, 2.24) is 5.32 Å². The molecule has 2 unspecified atom stereocenters. The molecule has 0 bridgehead atoms. The number of rotatable bonds is 6. The molecule has 21 heavy (non-hydrogen) atoms. The maximum absolute atomic E-state index is 12.8. The van der Waals surface area contributed by atoms with Crippen molar-refractivity contribution in [2.24, 2.45) is 17.8 Å². The van der Waals surface area contributed by atoms with Gasteiger partial charge in [-0.2, -0.15) is 0 Å². The summed E-state index contributed by atoms with van der Waals surface area (Å²) in [6.07, 6.45) is 1.52. The molecular formula is C16H21FN2O2. The third-order valence-corrected chi connectivity index (χ3v) is 3.60. The number of halogens is 1. The van der Waals surface area contributed by atoms with Gasteiger partial charge in [0, 0.05) is 12.2 Å². The zero-order valence-electron chi connectivity index (χ0n) is 12.4. The molecule has 2 atom stereocenters. The monoisotopic (exact) mass is 292 g/mol. The van der Waals surface area contributed by atoms with Crippen LogP contribution in [0.15, 0.2) is 24.3 Å². The first-order valence-electron chi connectivity index (χ1n) is 7.31. The van der Waals surface area contributed by atoms with E-state index in [0.717, 1.165) is 6.42 Å². The van der Waals surface area contributed by atoms with E-state index in [0.29, 0.717) is 24.6 Å². The molecule has 5 heteroatoms. The van der Waals surface area contributed by atoms with Gasteiger partial charge >= 0.3 is 0 Å². The Kier molecular flexibility index (Phi) is 4.94. The molecule has 1 aromatic carbocycles. The van der Waals surface area contributed by atoms with Crippen LogP contribution in [0.5, 0.6) is 0 Å². The molecule has 1 fully saturated rings. The number of anilines is 1. The van der Waals surface area contributed by atoms with Crippen molar-refractivity contribution in [3.8, 4) is 0 Å². The van der Waals surface area contributed by atoms with Gasteiger partial charge in [0.2, 0.25) is 11.8 Å². The van der Waals surface area contributed by atoms with E-state index >= 15 is 0 Å². The Hall–Kier alpha value is -1.91. The molecule has 1 aliphatic carbocycles. The SMILES string of the molecule is CC(C)CCNC(=O)C1CC1C(=O)Nc1ccc(F)cc1. The van der Waals surface area contributed by atoms with Crippen molar-refractivity contribution in [2.75, 3.05) is 11.9 Å². The fraction of sp³-hybridized carbons (Fsp3) is 0.500. The minimum Gasteiger partial charge on any atom is -0.356 e. The molecule has 0 aromatic heterocycles. The van der Waals surface area contributed by atoms with Crippen molar-refractivity contribution in [1.29, 1.82) is 0 Å². The van der Waals surface area contributed by atoms with Gasteiger partial charge in [-0.15, -0.1) is 0 Å². The second-order valence-corrected chi connectivity index (χ2v) is 5.92. The van der Waals surface area contributed by atoms with Crippen LogP contribution in [0.25, 0.3) is 0 Å². The summed E-state index contributed by atoms with van der Waals surface area (Å²) in [6.45, 7) is 4.85. The Labute approximate surface area is 124 Å². The Balaban J connectivity index is 1.75. The van der Waals surface area contributed by atoms with Crippen LogP contribution in [-0.2, 0) is 9.59 Å². The van der Waals surface area contributed by atoms with Gasteiger partial charge in [-0.1, -0.05) is 13.8 Å². The maximum Gasteiger partial charge on any atom is 0.228 e. The summed E-state index contributed by atoms with van der Waals surface area (Å²) >= 11 is 0. The van der Waals surface area contributed by atoms with E-state index in [1.165, 1.54) is 24.3 Å². The Morgan fingerprint density at radius 1 is 1.19 bits per heavy atom. The second kappa shape index (κ2) is 6.70. The molecule has 0 heterocycles. The Morgan fingerprint density at radius 3 is 2.43 bits per heavy atom. The van der Waals surface area contributed by atoms with Gasteiger partial charge in [-0.05, 0) is 43.0 Å². The van der Waals surface area contributed by atoms with Gasteiger partial charge in [0.25, 0.3) is 0 Å². The first-order valence-corrected chi connectivity index (χ1v) is 7.31. The highest BCUT2D eigenvalue weighted by Gasteiger charge is 2.47. The molecular weight excluding hydrogens is 271 g/mol. The van der Waals surface area contributed by atoms with Crippen molar-refractivity contribution in [3.63, 3.8) is 0 Å². The average molecular weight is 292 g/mol. The normalized spacial score (nSPS) is 20.2. The summed E-state index contributed by atoms with van der Waals surface area (Å²) in [5.41, 5.74) is 0.548. The third-order valence-electron chi connectivity index (χ3n) is 3.60. The average Bonchev–Trinajstić information content (AvgIpc) is 3.21. The molecule has 114 valence electrons. The van der Waals surface area contributed by atoms with E-state index in [1.54, 1.807) is 0 Å². The Morgan fingerprint density at radius 2 is 1.81 bits per heavy atom. The van der Waals surface area contributed by atoms with Gasteiger partial charge in [-0.3, -0.25) is 9.59 Å². The first-order chi connectivity index (χ1) is 9.97. The molecule has 2 rings (SSSR count). The van der Waals surface area contributed by atoms with Crippen LogP contribution in [0.3, 0.4) is 0 Å². The molecule has 4 nitrogen and oxygen atoms in total. The lowest BCUT2D eigenvalue weighted by Gasteiger charge is -2.07. The summed E-state index contributed by atoms with van der Waals surface area (Å²) < 4.78 is 12.8. The van der Waals surface area contributed by atoms with E-state index in [1.807, 2.05) is 0 Å². The van der Waals surface area contributed by atoms with Crippen LogP contribution in [-0.4, -0.2) is 18.4 Å². The second-order valence-electron chi connectivity index (χ2n) is 5.92. The molecule has 1 aliphatic rings. The quantitative estimate of drug-likeness (QED) is 0.846. The number of carbonyl (C=O) groups excluding carboxylic acids is 2. The number of amides is 2. The van der Waals surface area contributed by atoms with E-state index in [2.05, 4.69) is 24.5 Å². The molecule has 0 aliphatic heterocycles. The summed E-state index contributed by atoms with van der Waals surface area (Å²) in [5, 5.41) is 5.57. The fourth-order valence-electron chi connectivity index (χ4n) is 2.16. The van der Waals surface area contributed by atoms with E-state index < -0.39 is 0 Å². The minimum absolute atomic E-state index is 0.0464. The molecule has 0 saturated heterocycles. The summed E-state index contributed by atoms with van der Waals surface area (Å²) in [6, 6.07) is 5.60. The molecule has 1 aromatic rings. The van der Waals surface area contributed by atoms with Crippen LogP contribution < -0.4 is 10.6 Å². The molecule has 1 saturated carbocycles. The molecule has 0 spiro atoms. The number of hydrogen-bond acceptors (Lipinski definition) is 2. The predicted molar refractivity (Wildman–Crippen MR) is 79.1 cm³/mol. The highest BCUT2D eigenvalue weighted by atomic mass is 19.1. The zero-order chi connectivity index (χ0) is 15.4. The zero-order valence-corrected chi connectivity index (χ0v) is 12.4. The van der Waals surface area contributed by atoms with Gasteiger partial charge in [0.15, 0.2) is 0 Å². The van der Waals surface area contributed by atoms with Crippen LogP contribution in [0, 0.1) is 23.6 Å². The van der Waals surface area contributed by atoms with Crippen molar-refractivity contribution < 1.29 is 14.0 Å². The smallest absolute Gasteiger partial charge is 0.228 e. The van der Waals surface area contributed by atoms with E-state index in [4.69, 9.17) is 0 Å². The highest BCUT2D eigenvalue weighted by Crippen LogP contribution is 2.39. The lowest BCUT2D eigenvalue weighted by molar-refractivity contribution is -0.125. The van der Waals surface area contributed by atoms with Crippen LogP contribution in [0.2, 0.25) is 0 Å². The summed E-state index contributed by atoms with van der Waals surface area (Å²) in [4.78, 5) is 23.8. The van der Waals surface area contributed by atoms with Crippen molar-refractivity contribution >= 4 is 17.5 Å². The summed E-state index contributed by atoms with van der Waals surface area (Å²) in [7, 11) is 0. The van der Waals surface area contributed by atoms with Crippen LogP contribution in [0.4, 0.5) is 10.1 Å². The largest absolute Gasteiger partial charge is 0.356 e. The predicted octanol–water partition coefficient (Wildman–Crippen LogP) is 2.56. The number of hydrogen-bond donors (Lipinski definition) is 2. The van der Waals surface area contributed by atoms with Gasteiger partial charge in [-0.25, -0.2) is 4.39 Å². The summed E-state index contributed by atoms with van der Waals surface area (Å²) in [5.74, 6) is -0.517. The third kappa shape index (κ3) is 4.55. The number of benzene rings is 1. The van der Waals surface area contributed by atoms with Crippen LogP contribution in [0.1, 0.15) is 26.7 Å². The molecule has 2 N–H and O–H groups in total.